The monoisotopic (exact) mass is 268 g/mol. The minimum atomic E-state index is -0.413. The summed E-state index contributed by atoms with van der Waals surface area (Å²) in [6, 6.07) is 5.87. The lowest BCUT2D eigenvalue weighted by Crippen LogP contribution is -1.98. The molecule has 1 unspecified atom stereocenters. The molecular formula is C16H25ClO. The summed E-state index contributed by atoms with van der Waals surface area (Å²) in [7, 11) is 0. The van der Waals surface area contributed by atoms with Crippen molar-refractivity contribution in [2.24, 2.45) is 0 Å². The molecule has 0 aliphatic carbocycles. The first-order valence-electron chi connectivity index (χ1n) is 7.09. The van der Waals surface area contributed by atoms with Crippen molar-refractivity contribution in [3.8, 4) is 0 Å². The van der Waals surface area contributed by atoms with E-state index in [-0.39, 0.29) is 0 Å². The molecule has 0 radical (unpaired) electrons. The van der Waals surface area contributed by atoms with Gasteiger partial charge in [0.15, 0.2) is 0 Å². The Hall–Kier alpha value is -0.530. The van der Waals surface area contributed by atoms with Crippen LogP contribution in [0.15, 0.2) is 18.2 Å². The third-order valence-electron chi connectivity index (χ3n) is 3.35. The fourth-order valence-corrected chi connectivity index (χ4v) is 2.54. The third kappa shape index (κ3) is 5.41. The molecule has 0 saturated carbocycles. The van der Waals surface area contributed by atoms with Gasteiger partial charge in [0.25, 0.3) is 0 Å². The van der Waals surface area contributed by atoms with Crippen molar-refractivity contribution >= 4 is 11.6 Å². The Balaban J connectivity index is 2.29. The lowest BCUT2D eigenvalue weighted by molar-refractivity contribution is 0.163. The van der Waals surface area contributed by atoms with Gasteiger partial charge in [-0.25, -0.2) is 0 Å². The van der Waals surface area contributed by atoms with Crippen LogP contribution in [0.5, 0.6) is 0 Å². The first-order valence-corrected chi connectivity index (χ1v) is 7.47. The summed E-state index contributed by atoms with van der Waals surface area (Å²) in [6.45, 7) is 4.24. The van der Waals surface area contributed by atoms with Crippen molar-refractivity contribution in [2.45, 2.75) is 64.9 Å². The Kier molecular flexibility index (Phi) is 7.38. The van der Waals surface area contributed by atoms with Crippen LogP contribution in [-0.2, 0) is 0 Å². The minimum Gasteiger partial charge on any atom is -0.388 e. The van der Waals surface area contributed by atoms with Gasteiger partial charge in [0, 0.05) is 5.02 Å². The number of aryl methyl sites for hydroxylation is 1. The van der Waals surface area contributed by atoms with Crippen LogP contribution in [0.4, 0.5) is 0 Å². The number of hydrogen-bond donors (Lipinski definition) is 1. The van der Waals surface area contributed by atoms with E-state index >= 15 is 0 Å². The zero-order valence-electron chi connectivity index (χ0n) is 11.6. The average Bonchev–Trinajstić information content (AvgIpc) is 2.33. The van der Waals surface area contributed by atoms with E-state index in [0.717, 1.165) is 24.0 Å². The first kappa shape index (κ1) is 15.5. The molecule has 0 fully saturated rings. The number of aliphatic hydroxyl groups excluding tert-OH is 1. The van der Waals surface area contributed by atoms with Gasteiger partial charge in [-0.15, -0.1) is 0 Å². The van der Waals surface area contributed by atoms with E-state index in [1.165, 1.54) is 32.1 Å². The second-order valence-corrected chi connectivity index (χ2v) is 5.50. The summed E-state index contributed by atoms with van der Waals surface area (Å²) >= 11 is 6.15. The van der Waals surface area contributed by atoms with Crippen LogP contribution in [0.2, 0.25) is 5.02 Å². The molecule has 0 aliphatic heterocycles. The van der Waals surface area contributed by atoms with E-state index in [1.54, 1.807) is 0 Å². The molecule has 1 N–H and O–H groups in total. The van der Waals surface area contributed by atoms with Gasteiger partial charge in [-0.05, 0) is 30.5 Å². The molecule has 1 nitrogen and oxygen atoms in total. The fourth-order valence-electron chi connectivity index (χ4n) is 2.18. The molecule has 1 aromatic carbocycles. The van der Waals surface area contributed by atoms with Crippen LogP contribution in [0, 0.1) is 6.92 Å². The summed E-state index contributed by atoms with van der Waals surface area (Å²) in [6.07, 6.45) is 7.89. The Morgan fingerprint density at radius 3 is 2.44 bits per heavy atom. The largest absolute Gasteiger partial charge is 0.388 e. The maximum atomic E-state index is 10.1. The van der Waals surface area contributed by atoms with Crippen LogP contribution in [-0.4, -0.2) is 5.11 Å². The van der Waals surface area contributed by atoms with E-state index < -0.39 is 6.10 Å². The van der Waals surface area contributed by atoms with E-state index in [1.807, 2.05) is 25.1 Å². The van der Waals surface area contributed by atoms with Crippen LogP contribution in [0.3, 0.4) is 0 Å². The average molecular weight is 269 g/mol. The Bertz CT molecular complexity index is 349. The lowest BCUT2D eigenvalue weighted by Gasteiger charge is -2.13. The lowest BCUT2D eigenvalue weighted by atomic mass is 10.0. The number of benzene rings is 1. The van der Waals surface area contributed by atoms with Gasteiger partial charge in [-0.3, -0.25) is 0 Å². The number of aliphatic hydroxyl groups is 1. The zero-order chi connectivity index (χ0) is 13.4. The van der Waals surface area contributed by atoms with E-state index in [0.29, 0.717) is 5.02 Å². The SMILES string of the molecule is CCCCCCCCC(O)c1ccc(C)cc1Cl. The predicted octanol–water partition coefficient (Wildman–Crippen LogP) is 5.43. The Morgan fingerprint density at radius 1 is 1.11 bits per heavy atom. The Labute approximate surface area is 116 Å². The second kappa shape index (κ2) is 8.55. The summed E-state index contributed by atoms with van der Waals surface area (Å²) in [5, 5.41) is 10.8. The van der Waals surface area contributed by atoms with Crippen LogP contribution in [0.1, 0.15) is 69.1 Å². The molecule has 1 rings (SSSR count). The molecule has 18 heavy (non-hydrogen) atoms. The van der Waals surface area contributed by atoms with Gasteiger partial charge < -0.3 is 5.11 Å². The molecule has 0 aliphatic rings. The molecule has 1 aromatic rings. The standard InChI is InChI=1S/C16H25ClO/c1-3-4-5-6-7-8-9-16(18)14-11-10-13(2)12-15(14)17/h10-12,16,18H,3-9H2,1-2H3. The summed E-state index contributed by atoms with van der Waals surface area (Å²) < 4.78 is 0. The van der Waals surface area contributed by atoms with Gasteiger partial charge in [0.2, 0.25) is 0 Å². The van der Waals surface area contributed by atoms with Crippen molar-refractivity contribution in [2.75, 3.05) is 0 Å². The number of rotatable bonds is 8. The number of unbranched alkanes of at least 4 members (excludes halogenated alkanes) is 5. The van der Waals surface area contributed by atoms with E-state index in [9.17, 15) is 5.11 Å². The van der Waals surface area contributed by atoms with Gasteiger partial charge >= 0.3 is 0 Å². The highest BCUT2D eigenvalue weighted by atomic mass is 35.5. The van der Waals surface area contributed by atoms with Crippen molar-refractivity contribution in [3.05, 3.63) is 34.3 Å². The Morgan fingerprint density at radius 2 is 1.78 bits per heavy atom. The topological polar surface area (TPSA) is 20.2 Å². The highest BCUT2D eigenvalue weighted by Crippen LogP contribution is 2.27. The van der Waals surface area contributed by atoms with Gasteiger partial charge in [0.05, 0.1) is 6.10 Å². The van der Waals surface area contributed by atoms with Crippen molar-refractivity contribution < 1.29 is 5.11 Å². The third-order valence-corrected chi connectivity index (χ3v) is 3.67. The van der Waals surface area contributed by atoms with Crippen LogP contribution in [0.25, 0.3) is 0 Å². The molecule has 0 spiro atoms. The van der Waals surface area contributed by atoms with Crippen molar-refractivity contribution in [1.29, 1.82) is 0 Å². The predicted molar refractivity (Wildman–Crippen MR) is 79.1 cm³/mol. The molecule has 0 heterocycles. The summed E-state index contributed by atoms with van der Waals surface area (Å²) in [4.78, 5) is 0. The van der Waals surface area contributed by atoms with Crippen molar-refractivity contribution in [1.82, 2.24) is 0 Å². The molecule has 102 valence electrons. The quantitative estimate of drug-likeness (QED) is 0.623. The maximum absolute atomic E-state index is 10.1. The highest BCUT2D eigenvalue weighted by Gasteiger charge is 2.10. The van der Waals surface area contributed by atoms with Gasteiger partial charge in [-0.1, -0.05) is 69.2 Å². The van der Waals surface area contributed by atoms with Gasteiger partial charge in [0.1, 0.15) is 0 Å². The molecular weight excluding hydrogens is 244 g/mol. The maximum Gasteiger partial charge on any atom is 0.0804 e. The molecule has 0 aromatic heterocycles. The molecule has 1 atom stereocenters. The molecule has 0 amide bonds. The number of hydrogen-bond acceptors (Lipinski definition) is 1. The van der Waals surface area contributed by atoms with Crippen molar-refractivity contribution in [3.63, 3.8) is 0 Å². The highest BCUT2D eigenvalue weighted by molar-refractivity contribution is 6.31. The summed E-state index contributed by atoms with van der Waals surface area (Å²) in [5.74, 6) is 0. The number of halogens is 1. The van der Waals surface area contributed by atoms with E-state index in [4.69, 9.17) is 11.6 Å². The fraction of sp³-hybridized carbons (Fsp3) is 0.625. The van der Waals surface area contributed by atoms with Crippen LogP contribution >= 0.6 is 11.6 Å². The van der Waals surface area contributed by atoms with Gasteiger partial charge in [-0.2, -0.15) is 0 Å². The molecule has 2 heteroatoms. The van der Waals surface area contributed by atoms with E-state index in [2.05, 4.69) is 6.92 Å². The van der Waals surface area contributed by atoms with Crippen LogP contribution < -0.4 is 0 Å². The zero-order valence-corrected chi connectivity index (χ0v) is 12.3. The normalized spacial score (nSPS) is 12.7. The first-order chi connectivity index (χ1) is 8.65. The second-order valence-electron chi connectivity index (χ2n) is 5.10. The molecule has 0 saturated heterocycles. The smallest absolute Gasteiger partial charge is 0.0804 e. The summed E-state index contributed by atoms with van der Waals surface area (Å²) in [5.41, 5.74) is 2.01. The minimum absolute atomic E-state index is 0.413. The molecule has 0 bridgehead atoms.